The normalized spacial score (nSPS) is 17.4. The maximum absolute atomic E-state index is 10.8. The van der Waals surface area contributed by atoms with Crippen LogP contribution in [0.5, 0.6) is 0 Å². The van der Waals surface area contributed by atoms with E-state index in [1.54, 1.807) is 12.1 Å². The predicted molar refractivity (Wildman–Crippen MR) is 74.3 cm³/mol. The molecule has 5 heteroatoms. The zero-order chi connectivity index (χ0) is 13.9. The summed E-state index contributed by atoms with van der Waals surface area (Å²) in [6.45, 7) is 2.69. The van der Waals surface area contributed by atoms with E-state index < -0.39 is 0 Å². The number of aliphatic hydroxyl groups is 1. The molecule has 1 aliphatic rings. The fourth-order valence-electron chi connectivity index (χ4n) is 2.78. The second-order valence-corrected chi connectivity index (χ2v) is 5.53. The average molecular weight is 264 g/mol. The van der Waals surface area contributed by atoms with Crippen LogP contribution < -0.4 is 5.32 Å². The number of nitrogens with one attached hydrogen (secondary N) is 1. The van der Waals surface area contributed by atoms with Gasteiger partial charge < -0.3 is 10.4 Å². The predicted octanol–water partition coefficient (Wildman–Crippen LogP) is 2.87. The molecule has 0 bridgehead atoms. The maximum Gasteiger partial charge on any atom is 0.271 e. The van der Waals surface area contributed by atoms with Gasteiger partial charge >= 0.3 is 0 Å². The van der Waals surface area contributed by atoms with Gasteiger partial charge in [-0.3, -0.25) is 10.1 Å². The highest BCUT2D eigenvalue weighted by atomic mass is 16.6. The van der Waals surface area contributed by atoms with Crippen molar-refractivity contribution >= 4 is 11.4 Å². The van der Waals surface area contributed by atoms with Crippen LogP contribution in [0.3, 0.4) is 0 Å². The molecule has 1 saturated carbocycles. The highest BCUT2D eigenvalue weighted by molar-refractivity contribution is 5.53. The summed E-state index contributed by atoms with van der Waals surface area (Å²) in [5.41, 5.74) is 1.66. The molecule has 5 nitrogen and oxygen atoms in total. The van der Waals surface area contributed by atoms with Gasteiger partial charge in [-0.25, -0.2) is 0 Å². The Labute approximate surface area is 112 Å². The summed E-state index contributed by atoms with van der Waals surface area (Å²) in [6, 6.07) is 5.00. The van der Waals surface area contributed by atoms with Crippen molar-refractivity contribution in [2.75, 3.05) is 18.5 Å². The van der Waals surface area contributed by atoms with Crippen LogP contribution in [0.15, 0.2) is 18.2 Å². The minimum Gasteiger partial charge on any atom is -0.396 e. The number of hydrogen-bond acceptors (Lipinski definition) is 4. The van der Waals surface area contributed by atoms with Crippen LogP contribution >= 0.6 is 0 Å². The van der Waals surface area contributed by atoms with Gasteiger partial charge in [0.05, 0.1) is 11.5 Å². The van der Waals surface area contributed by atoms with Gasteiger partial charge in [-0.05, 0) is 31.4 Å². The Morgan fingerprint density at radius 3 is 2.63 bits per heavy atom. The van der Waals surface area contributed by atoms with Crippen LogP contribution in [0.1, 0.15) is 31.2 Å². The number of aliphatic hydroxyl groups excluding tert-OH is 1. The first-order valence-electron chi connectivity index (χ1n) is 6.65. The third-order valence-electron chi connectivity index (χ3n) is 3.94. The molecule has 0 atom stereocenters. The Morgan fingerprint density at radius 1 is 1.37 bits per heavy atom. The Morgan fingerprint density at radius 2 is 2.05 bits per heavy atom. The third kappa shape index (κ3) is 3.23. The molecule has 2 rings (SSSR count). The van der Waals surface area contributed by atoms with Crippen molar-refractivity contribution in [3.63, 3.8) is 0 Å². The highest BCUT2D eigenvalue weighted by Crippen LogP contribution is 2.37. The summed E-state index contributed by atoms with van der Waals surface area (Å²) in [7, 11) is 0. The lowest BCUT2D eigenvalue weighted by atomic mass is 9.87. The van der Waals surface area contributed by atoms with Gasteiger partial charge in [-0.2, -0.15) is 0 Å². The van der Waals surface area contributed by atoms with Gasteiger partial charge in [-0.15, -0.1) is 0 Å². The van der Waals surface area contributed by atoms with Crippen molar-refractivity contribution in [2.45, 2.75) is 32.6 Å². The van der Waals surface area contributed by atoms with Gasteiger partial charge in [0.1, 0.15) is 0 Å². The van der Waals surface area contributed by atoms with Crippen LogP contribution in [0.25, 0.3) is 0 Å². The van der Waals surface area contributed by atoms with Crippen LogP contribution in [0.2, 0.25) is 0 Å². The number of aryl methyl sites for hydroxylation is 1. The maximum atomic E-state index is 10.8. The van der Waals surface area contributed by atoms with E-state index in [1.165, 1.54) is 0 Å². The second kappa shape index (κ2) is 5.57. The largest absolute Gasteiger partial charge is 0.396 e. The molecule has 0 amide bonds. The standard InChI is InChI=1S/C14H20N2O3/c1-11-6-12(8-13(7-11)16(18)19)15-9-14(10-17)4-2-3-5-14/h6-8,15,17H,2-5,9-10H2,1H3. The van der Waals surface area contributed by atoms with Crippen molar-refractivity contribution in [3.05, 3.63) is 33.9 Å². The summed E-state index contributed by atoms with van der Waals surface area (Å²) in [4.78, 5) is 10.4. The molecule has 1 aromatic rings. The van der Waals surface area contributed by atoms with E-state index in [0.717, 1.165) is 36.9 Å². The molecule has 2 N–H and O–H groups in total. The second-order valence-electron chi connectivity index (χ2n) is 5.53. The fraction of sp³-hybridized carbons (Fsp3) is 0.571. The van der Waals surface area contributed by atoms with E-state index in [-0.39, 0.29) is 22.6 Å². The van der Waals surface area contributed by atoms with Crippen molar-refractivity contribution in [1.29, 1.82) is 0 Å². The zero-order valence-electron chi connectivity index (χ0n) is 11.2. The van der Waals surface area contributed by atoms with E-state index in [1.807, 2.05) is 13.0 Å². The fourth-order valence-corrected chi connectivity index (χ4v) is 2.78. The molecule has 0 aliphatic heterocycles. The number of nitro groups is 1. The molecule has 19 heavy (non-hydrogen) atoms. The first kappa shape index (κ1) is 13.8. The Kier molecular flexibility index (Phi) is 4.04. The summed E-state index contributed by atoms with van der Waals surface area (Å²) in [5, 5.41) is 23.6. The highest BCUT2D eigenvalue weighted by Gasteiger charge is 2.32. The zero-order valence-corrected chi connectivity index (χ0v) is 11.2. The molecular formula is C14H20N2O3. The number of hydrogen-bond donors (Lipinski definition) is 2. The molecule has 1 aromatic carbocycles. The van der Waals surface area contributed by atoms with Crippen molar-refractivity contribution in [2.24, 2.45) is 5.41 Å². The summed E-state index contributed by atoms with van der Waals surface area (Å²) in [5.74, 6) is 0. The van der Waals surface area contributed by atoms with E-state index in [2.05, 4.69) is 5.32 Å². The lowest BCUT2D eigenvalue weighted by molar-refractivity contribution is -0.384. The average Bonchev–Trinajstić information content (AvgIpc) is 2.85. The number of anilines is 1. The molecule has 0 saturated heterocycles. The van der Waals surface area contributed by atoms with E-state index >= 15 is 0 Å². The molecule has 1 fully saturated rings. The SMILES string of the molecule is Cc1cc(NCC2(CO)CCCC2)cc([N+](=O)[O-])c1. The smallest absolute Gasteiger partial charge is 0.271 e. The number of nitro benzene ring substituents is 1. The number of nitrogens with zero attached hydrogens (tertiary/aromatic N) is 1. The Bertz CT molecular complexity index is 468. The molecule has 104 valence electrons. The number of non-ortho nitro benzene ring substituents is 1. The molecule has 0 heterocycles. The number of rotatable bonds is 5. The van der Waals surface area contributed by atoms with Crippen LogP contribution in [-0.4, -0.2) is 23.2 Å². The van der Waals surface area contributed by atoms with Crippen molar-refractivity contribution in [1.82, 2.24) is 0 Å². The molecule has 1 aliphatic carbocycles. The van der Waals surface area contributed by atoms with Gasteiger partial charge in [-0.1, -0.05) is 12.8 Å². The summed E-state index contributed by atoms with van der Waals surface area (Å²) in [6.07, 6.45) is 4.33. The van der Waals surface area contributed by atoms with Gasteiger partial charge in [0.2, 0.25) is 0 Å². The van der Waals surface area contributed by atoms with Gasteiger partial charge in [0.25, 0.3) is 5.69 Å². The van der Waals surface area contributed by atoms with Crippen molar-refractivity contribution < 1.29 is 10.0 Å². The third-order valence-corrected chi connectivity index (χ3v) is 3.94. The van der Waals surface area contributed by atoms with E-state index in [4.69, 9.17) is 0 Å². The van der Waals surface area contributed by atoms with Crippen LogP contribution in [-0.2, 0) is 0 Å². The first-order valence-corrected chi connectivity index (χ1v) is 6.65. The van der Waals surface area contributed by atoms with E-state index in [9.17, 15) is 15.2 Å². The lowest BCUT2D eigenvalue weighted by Gasteiger charge is -2.27. The van der Waals surface area contributed by atoms with Crippen molar-refractivity contribution in [3.8, 4) is 0 Å². The monoisotopic (exact) mass is 264 g/mol. The first-order chi connectivity index (χ1) is 9.04. The van der Waals surface area contributed by atoms with E-state index in [0.29, 0.717) is 6.54 Å². The summed E-state index contributed by atoms with van der Waals surface area (Å²) < 4.78 is 0. The quantitative estimate of drug-likeness (QED) is 0.633. The minimum atomic E-state index is -0.379. The minimum absolute atomic E-state index is 0.0570. The molecule has 0 unspecified atom stereocenters. The Balaban J connectivity index is 2.08. The topological polar surface area (TPSA) is 75.4 Å². The molecule has 0 spiro atoms. The summed E-state index contributed by atoms with van der Waals surface area (Å²) >= 11 is 0. The molecule has 0 radical (unpaired) electrons. The van der Waals surface area contributed by atoms with Crippen LogP contribution in [0.4, 0.5) is 11.4 Å². The van der Waals surface area contributed by atoms with Crippen LogP contribution in [0, 0.1) is 22.5 Å². The van der Waals surface area contributed by atoms with Gasteiger partial charge in [0.15, 0.2) is 0 Å². The molecular weight excluding hydrogens is 244 g/mol. The lowest BCUT2D eigenvalue weighted by Crippen LogP contribution is -2.30. The number of benzene rings is 1. The van der Waals surface area contributed by atoms with Gasteiger partial charge in [0, 0.05) is 29.8 Å². The Hall–Kier alpha value is -1.62. The molecule has 0 aromatic heterocycles.